The van der Waals surface area contributed by atoms with Crippen molar-refractivity contribution < 1.29 is 9.47 Å². The number of hydrogen-bond acceptors (Lipinski definition) is 4. The zero-order valence-electron chi connectivity index (χ0n) is 15.2. The van der Waals surface area contributed by atoms with E-state index in [9.17, 15) is 0 Å². The van der Waals surface area contributed by atoms with Crippen LogP contribution in [0.1, 0.15) is 29.7 Å². The highest BCUT2D eigenvalue weighted by atomic mass is 16.5. The molecular weight excluding hydrogens is 312 g/mol. The molecule has 134 valence electrons. The number of nitrogens with one attached hydrogen (secondary N) is 1. The molecule has 0 spiro atoms. The van der Waals surface area contributed by atoms with E-state index in [0.717, 1.165) is 45.1 Å². The molecule has 1 fully saturated rings. The SMILES string of the molecule is COc1ccccc1[C@H](C)NCc1cccc(CN2CCOCC2)c1. The van der Waals surface area contributed by atoms with Gasteiger partial charge in [-0.15, -0.1) is 0 Å². The highest BCUT2D eigenvalue weighted by Gasteiger charge is 2.12. The maximum Gasteiger partial charge on any atom is 0.123 e. The van der Waals surface area contributed by atoms with Crippen LogP contribution in [0, 0.1) is 0 Å². The van der Waals surface area contributed by atoms with E-state index in [0.29, 0.717) is 0 Å². The summed E-state index contributed by atoms with van der Waals surface area (Å²) in [6, 6.07) is 17.3. The normalized spacial score (nSPS) is 16.6. The van der Waals surface area contributed by atoms with Gasteiger partial charge in [-0.2, -0.15) is 0 Å². The number of morpholine rings is 1. The molecule has 1 N–H and O–H groups in total. The van der Waals surface area contributed by atoms with Crippen LogP contribution in [-0.2, 0) is 17.8 Å². The van der Waals surface area contributed by atoms with Gasteiger partial charge in [-0.1, -0.05) is 42.5 Å². The Hall–Kier alpha value is -1.88. The molecule has 0 aromatic heterocycles. The molecule has 2 aromatic carbocycles. The Kier molecular flexibility index (Phi) is 6.45. The minimum atomic E-state index is 0.235. The Morgan fingerprint density at radius 1 is 1.08 bits per heavy atom. The minimum Gasteiger partial charge on any atom is -0.496 e. The number of methoxy groups -OCH3 is 1. The second-order valence-electron chi connectivity index (χ2n) is 6.55. The maximum atomic E-state index is 5.47. The molecule has 0 saturated carbocycles. The van der Waals surface area contributed by atoms with E-state index >= 15 is 0 Å². The molecule has 4 nitrogen and oxygen atoms in total. The summed E-state index contributed by atoms with van der Waals surface area (Å²) in [5, 5.41) is 3.61. The van der Waals surface area contributed by atoms with Gasteiger partial charge in [0.25, 0.3) is 0 Å². The lowest BCUT2D eigenvalue weighted by Gasteiger charge is -2.26. The highest BCUT2D eigenvalue weighted by molar-refractivity contribution is 5.35. The lowest BCUT2D eigenvalue weighted by Crippen LogP contribution is -2.35. The van der Waals surface area contributed by atoms with Crippen molar-refractivity contribution in [2.24, 2.45) is 0 Å². The number of rotatable bonds is 7. The van der Waals surface area contributed by atoms with Crippen LogP contribution >= 0.6 is 0 Å². The lowest BCUT2D eigenvalue weighted by molar-refractivity contribution is 0.0342. The smallest absolute Gasteiger partial charge is 0.123 e. The Labute approximate surface area is 150 Å². The molecule has 25 heavy (non-hydrogen) atoms. The van der Waals surface area contributed by atoms with Crippen LogP contribution in [-0.4, -0.2) is 38.3 Å². The average Bonchev–Trinajstić information content (AvgIpc) is 2.67. The summed E-state index contributed by atoms with van der Waals surface area (Å²) in [6.07, 6.45) is 0. The van der Waals surface area contributed by atoms with Crippen LogP contribution in [0.3, 0.4) is 0 Å². The van der Waals surface area contributed by atoms with E-state index in [4.69, 9.17) is 9.47 Å². The first-order chi connectivity index (χ1) is 12.3. The summed E-state index contributed by atoms with van der Waals surface area (Å²) in [5.74, 6) is 0.934. The van der Waals surface area contributed by atoms with E-state index in [2.05, 4.69) is 53.5 Å². The lowest BCUT2D eigenvalue weighted by atomic mass is 10.1. The Balaban J connectivity index is 1.58. The maximum absolute atomic E-state index is 5.47. The summed E-state index contributed by atoms with van der Waals surface area (Å²) in [5.41, 5.74) is 3.87. The van der Waals surface area contributed by atoms with E-state index in [1.54, 1.807) is 7.11 Å². The van der Waals surface area contributed by atoms with Gasteiger partial charge < -0.3 is 14.8 Å². The van der Waals surface area contributed by atoms with E-state index in [-0.39, 0.29) is 6.04 Å². The molecule has 0 bridgehead atoms. The molecule has 1 atom stereocenters. The van der Waals surface area contributed by atoms with Gasteiger partial charge >= 0.3 is 0 Å². The largest absolute Gasteiger partial charge is 0.496 e. The highest BCUT2D eigenvalue weighted by Crippen LogP contribution is 2.24. The molecule has 0 aliphatic carbocycles. The fourth-order valence-corrected chi connectivity index (χ4v) is 3.26. The van der Waals surface area contributed by atoms with Gasteiger partial charge in [0.15, 0.2) is 0 Å². The van der Waals surface area contributed by atoms with Crippen LogP contribution in [0.25, 0.3) is 0 Å². The first kappa shape index (κ1) is 17.9. The summed E-state index contributed by atoms with van der Waals surface area (Å²) < 4.78 is 10.9. The summed E-state index contributed by atoms with van der Waals surface area (Å²) in [7, 11) is 1.72. The van der Waals surface area contributed by atoms with Crippen molar-refractivity contribution >= 4 is 0 Å². The molecule has 3 rings (SSSR count). The molecule has 1 aliphatic heterocycles. The topological polar surface area (TPSA) is 33.7 Å². The van der Waals surface area contributed by atoms with E-state index in [1.807, 2.05) is 12.1 Å². The number of hydrogen-bond donors (Lipinski definition) is 1. The Bertz CT molecular complexity index is 668. The van der Waals surface area contributed by atoms with Crippen LogP contribution in [0.4, 0.5) is 0 Å². The van der Waals surface area contributed by atoms with E-state index < -0.39 is 0 Å². The van der Waals surface area contributed by atoms with Crippen molar-refractivity contribution in [2.75, 3.05) is 33.4 Å². The minimum absolute atomic E-state index is 0.235. The monoisotopic (exact) mass is 340 g/mol. The van der Waals surface area contributed by atoms with Gasteiger partial charge in [-0.25, -0.2) is 0 Å². The van der Waals surface area contributed by atoms with Gasteiger partial charge in [0, 0.05) is 37.8 Å². The standard InChI is InChI=1S/C21H28N2O2/c1-17(20-8-3-4-9-21(20)24-2)22-15-18-6-5-7-19(14-18)16-23-10-12-25-13-11-23/h3-9,14,17,22H,10-13,15-16H2,1-2H3/t17-/m0/s1. The number of para-hydroxylation sites is 1. The second-order valence-corrected chi connectivity index (χ2v) is 6.55. The van der Waals surface area contributed by atoms with Crippen LogP contribution in [0.5, 0.6) is 5.75 Å². The molecule has 1 saturated heterocycles. The fraction of sp³-hybridized carbons (Fsp3) is 0.429. The van der Waals surface area contributed by atoms with Gasteiger partial charge in [0.2, 0.25) is 0 Å². The molecule has 4 heteroatoms. The molecule has 1 aliphatic rings. The van der Waals surface area contributed by atoms with Crippen molar-refractivity contribution in [1.29, 1.82) is 0 Å². The number of ether oxygens (including phenoxy) is 2. The Morgan fingerprint density at radius 3 is 2.64 bits per heavy atom. The first-order valence-electron chi connectivity index (χ1n) is 9.00. The van der Waals surface area contributed by atoms with Crippen LogP contribution < -0.4 is 10.1 Å². The second kappa shape index (κ2) is 8.99. The third kappa shape index (κ3) is 5.05. The zero-order valence-corrected chi connectivity index (χ0v) is 15.2. The van der Waals surface area contributed by atoms with Gasteiger partial charge in [0.1, 0.15) is 5.75 Å². The predicted octanol–water partition coefficient (Wildman–Crippen LogP) is 3.38. The van der Waals surface area contributed by atoms with Crippen LogP contribution in [0.15, 0.2) is 48.5 Å². The molecule has 0 radical (unpaired) electrons. The molecule has 1 heterocycles. The van der Waals surface area contributed by atoms with Crippen LogP contribution in [0.2, 0.25) is 0 Å². The fourth-order valence-electron chi connectivity index (χ4n) is 3.26. The summed E-state index contributed by atoms with van der Waals surface area (Å²) >= 11 is 0. The third-order valence-corrected chi connectivity index (χ3v) is 4.72. The van der Waals surface area contributed by atoms with Crippen molar-refractivity contribution in [3.05, 3.63) is 65.2 Å². The number of benzene rings is 2. The summed E-state index contributed by atoms with van der Waals surface area (Å²) in [4.78, 5) is 2.45. The van der Waals surface area contributed by atoms with Crippen molar-refractivity contribution in [3.63, 3.8) is 0 Å². The molecule has 0 unspecified atom stereocenters. The average molecular weight is 340 g/mol. The van der Waals surface area contributed by atoms with E-state index in [1.165, 1.54) is 16.7 Å². The van der Waals surface area contributed by atoms with Gasteiger partial charge in [0.05, 0.1) is 20.3 Å². The predicted molar refractivity (Wildman–Crippen MR) is 101 cm³/mol. The first-order valence-corrected chi connectivity index (χ1v) is 9.00. The van der Waals surface area contributed by atoms with Crippen molar-refractivity contribution in [3.8, 4) is 5.75 Å². The molecular formula is C21H28N2O2. The van der Waals surface area contributed by atoms with Gasteiger partial charge in [-0.3, -0.25) is 4.90 Å². The summed E-state index contributed by atoms with van der Waals surface area (Å²) in [6.45, 7) is 7.75. The quantitative estimate of drug-likeness (QED) is 0.838. The Morgan fingerprint density at radius 2 is 1.84 bits per heavy atom. The third-order valence-electron chi connectivity index (χ3n) is 4.72. The molecule has 2 aromatic rings. The zero-order chi connectivity index (χ0) is 17.5. The number of nitrogens with zero attached hydrogens (tertiary/aromatic N) is 1. The van der Waals surface area contributed by atoms with Crippen molar-refractivity contribution in [1.82, 2.24) is 10.2 Å². The van der Waals surface area contributed by atoms with Gasteiger partial charge in [-0.05, 0) is 24.1 Å². The molecule has 0 amide bonds. The van der Waals surface area contributed by atoms with Crippen molar-refractivity contribution in [2.45, 2.75) is 26.1 Å².